The molecule has 1 aliphatic rings. The zero-order valence-corrected chi connectivity index (χ0v) is 10.9. The van der Waals surface area contributed by atoms with Crippen LogP contribution in [0, 0.1) is 18.8 Å². The number of nitrogens with two attached hydrogens (primary N) is 1. The lowest BCUT2D eigenvalue weighted by atomic mass is 9.76. The largest absolute Gasteiger partial charge is 0.465 e. The number of hydrogen-bond acceptors (Lipinski definition) is 3. The van der Waals surface area contributed by atoms with Crippen molar-refractivity contribution in [2.75, 3.05) is 0 Å². The van der Waals surface area contributed by atoms with E-state index in [1.165, 1.54) is 32.1 Å². The van der Waals surface area contributed by atoms with Crippen molar-refractivity contribution in [3.8, 4) is 0 Å². The minimum atomic E-state index is 0.179. The Morgan fingerprint density at radius 1 is 1.47 bits per heavy atom. The van der Waals surface area contributed by atoms with Crippen molar-refractivity contribution in [3.63, 3.8) is 0 Å². The van der Waals surface area contributed by atoms with Crippen LogP contribution < -0.4 is 11.3 Å². The molecule has 2 rings (SSSR count). The summed E-state index contributed by atoms with van der Waals surface area (Å²) < 4.78 is 5.72. The molecule has 1 aromatic heterocycles. The smallest absolute Gasteiger partial charge is 0.122 e. The van der Waals surface area contributed by atoms with Crippen LogP contribution in [-0.2, 0) is 0 Å². The first kappa shape index (κ1) is 12.7. The lowest BCUT2D eigenvalue weighted by molar-refractivity contribution is 0.193. The molecule has 0 amide bonds. The molecule has 1 aliphatic carbocycles. The zero-order valence-electron chi connectivity index (χ0n) is 10.9. The van der Waals surface area contributed by atoms with Crippen LogP contribution >= 0.6 is 0 Å². The predicted octanol–water partition coefficient (Wildman–Crippen LogP) is 3.31. The second kappa shape index (κ2) is 5.69. The van der Waals surface area contributed by atoms with Gasteiger partial charge in [0.1, 0.15) is 11.5 Å². The molecule has 0 saturated heterocycles. The fourth-order valence-corrected chi connectivity index (χ4v) is 3.08. The third-order valence-corrected chi connectivity index (χ3v) is 4.12. The average molecular weight is 236 g/mol. The van der Waals surface area contributed by atoms with E-state index in [0.717, 1.165) is 17.4 Å². The predicted molar refractivity (Wildman–Crippen MR) is 69.2 cm³/mol. The summed E-state index contributed by atoms with van der Waals surface area (Å²) in [5.41, 5.74) is 2.95. The Balaban J connectivity index is 2.07. The van der Waals surface area contributed by atoms with Crippen LogP contribution in [0.3, 0.4) is 0 Å². The molecule has 1 heterocycles. The lowest BCUT2D eigenvalue weighted by Crippen LogP contribution is -2.35. The molecular formula is C14H24N2O. The molecule has 3 unspecified atom stereocenters. The fourth-order valence-electron chi connectivity index (χ4n) is 3.08. The highest BCUT2D eigenvalue weighted by molar-refractivity contribution is 5.11. The molecular weight excluding hydrogens is 212 g/mol. The number of furan rings is 1. The number of hydrazine groups is 1. The Hall–Kier alpha value is -0.800. The second-order valence-corrected chi connectivity index (χ2v) is 5.29. The van der Waals surface area contributed by atoms with Gasteiger partial charge in [-0.2, -0.15) is 0 Å². The van der Waals surface area contributed by atoms with Crippen LogP contribution in [0.4, 0.5) is 0 Å². The molecule has 0 bridgehead atoms. The molecule has 0 spiro atoms. The summed E-state index contributed by atoms with van der Waals surface area (Å²) in [6, 6.07) is 4.24. The normalized spacial score (nSPS) is 27.0. The van der Waals surface area contributed by atoms with Gasteiger partial charge in [-0.25, -0.2) is 5.43 Å². The van der Waals surface area contributed by atoms with Crippen molar-refractivity contribution < 1.29 is 4.42 Å². The molecule has 1 fully saturated rings. The number of rotatable bonds is 4. The van der Waals surface area contributed by atoms with Gasteiger partial charge in [0.25, 0.3) is 0 Å². The monoisotopic (exact) mass is 236 g/mol. The third kappa shape index (κ3) is 2.90. The molecule has 3 N–H and O–H groups in total. The van der Waals surface area contributed by atoms with Gasteiger partial charge in [-0.1, -0.05) is 26.2 Å². The topological polar surface area (TPSA) is 51.2 Å². The van der Waals surface area contributed by atoms with Crippen molar-refractivity contribution in [2.45, 2.75) is 52.0 Å². The van der Waals surface area contributed by atoms with Gasteiger partial charge in [-0.3, -0.25) is 5.84 Å². The van der Waals surface area contributed by atoms with E-state index in [2.05, 4.69) is 18.4 Å². The molecule has 17 heavy (non-hydrogen) atoms. The first-order chi connectivity index (χ1) is 8.24. The lowest BCUT2D eigenvalue weighted by Gasteiger charge is -2.33. The molecule has 96 valence electrons. The van der Waals surface area contributed by atoms with Gasteiger partial charge in [-0.05, 0) is 43.7 Å². The Morgan fingerprint density at radius 3 is 2.88 bits per heavy atom. The minimum absolute atomic E-state index is 0.179. The van der Waals surface area contributed by atoms with Gasteiger partial charge < -0.3 is 4.42 Å². The number of aryl methyl sites for hydroxylation is 1. The van der Waals surface area contributed by atoms with Gasteiger partial charge >= 0.3 is 0 Å². The van der Waals surface area contributed by atoms with Crippen molar-refractivity contribution in [1.29, 1.82) is 0 Å². The Morgan fingerprint density at radius 2 is 2.29 bits per heavy atom. The molecule has 3 nitrogen and oxygen atoms in total. The van der Waals surface area contributed by atoms with E-state index in [9.17, 15) is 0 Å². The van der Waals surface area contributed by atoms with E-state index in [1.807, 2.05) is 13.0 Å². The van der Waals surface area contributed by atoms with Gasteiger partial charge in [0.15, 0.2) is 0 Å². The first-order valence-corrected chi connectivity index (χ1v) is 6.77. The van der Waals surface area contributed by atoms with Gasteiger partial charge in [0.2, 0.25) is 0 Å². The standard InChI is InChI=1S/C14H24N2O/c1-3-11-5-4-6-12(9-11)14(16-15)13-8-7-10(2)17-13/h7-8,11-12,14,16H,3-6,9,15H2,1-2H3. The average Bonchev–Trinajstić information content (AvgIpc) is 2.77. The summed E-state index contributed by atoms with van der Waals surface area (Å²) in [4.78, 5) is 0. The summed E-state index contributed by atoms with van der Waals surface area (Å²) >= 11 is 0. The number of nitrogens with one attached hydrogen (secondary N) is 1. The Labute approximate surface area is 104 Å². The summed E-state index contributed by atoms with van der Waals surface area (Å²) in [6.07, 6.45) is 6.50. The van der Waals surface area contributed by atoms with Gasteiger partial charge in [0, 0.05) is 0 Å². The highest BCUT2D eigenvalue weighted by Gasteiger charge is 2.29. The van der Waals surface area contributed by atoms with Crippen LogP contribution in [0.1, 0.15) is 56.6 Å². The van der Waals surface area contributed by atoms with Crippen molar-refractivity contribution in [2.24, 2.45) is 17.7 Å². The van der Waals surface area contributed by atoms with Crippen LogP contribution in [0.5, 0.6) is 0 Å². The molecule has 0 radical (unpaired) electrons. The summed E-state index contributed by atoms with van der Waals surface area (Å²) in [5, 5.41) is 0. The fraction of sp³-hybridized carbons (Fsp3) is 0.714. The Kier molecular flexibility index (Phi) is 4.24. The van der Waals surface area contributed by atoms with E-state index in [0.29, 0.717) is 5.92 Å². The summed E-state index contributed by atoms with van der Waals surface area (Å²) in [6.45, 7) is 4.27. The van der Waals surface area contributed by atoms with E-state index < -0.39 is 0 Å². The first-order valence-electron chi connectivity index (χ1n) is 6.77. The Bertz CT molecular complexity index is 348. The maximum absolute atomic E-state index is 5.72. The van der Waals surface area contributed by atoms with Crippen LogP contribution in [0.15, 0.2) is 16.5 Å². The van der Waals surface area contributed by atoms with Crippen LogP contribution in [0.2, 0.25) is 0 Å². The van der Waals surface area contributed by atoms with E-state index in [1.54, 1.807) is 0 Å². The van der Waals surface area contributed by atoms with E-state index in [-0.39, 0.29) is 6.04 Å². The zero-order chi connectivity index (χ0) is 12.3. The SMILES string of the molecule is CCC1CCCC(C(NN)c2ccc(C)o2)C1. The van der Waals surface area contributed by atoms with Crippen molar-refractivity contribution in [1.82, 2.24) is 5.43 Å². The quantitative estimate of drug-likeness (QED) is 0.623. The van der Waals surface area contributed by atoms with Crippen LogP contribution in [0.25, 0.3) is 0 Å². The molecule has 1 aromatic rings. The molecule has 1 saturated carbocycles. The molecule has 3 heteroatoms. The van der Waals surface area contributed by atoms with E-state index in [4.69, 9.17) is 10.3 Å². The molecule has 0 aromatic carbocycles. The summed E-state index contributed by atoms with van der Waals surface area (Å²) in [7, 11) is 0. The van der Waals surface area contributed by atoms with Crippen molar-refractivity contribution >= 4 is 0 Å². The van der Waals surface area contributed by atoms with Gasteiger partial charge in [0.05, 0.1) is 6.04 Å². The minimum Gasteiger partial charge on any atom is -0.465 e. The second-order valence-electron chi connectivity index (χ2n) is 5.29. The van der Waals surface area contributed by atoms with Gasteiger partial charge in [-0.15, -0.1) is 0 Å². The van der Waals surface area contributed by atoms with E-state index >= 15 is 0 Å². The maximum Gasteiger partial charge on any atom is 0.122 e. The molecule has 3 atom stereocenters. The summed E-state index contributed by atoms with van der Waals surface area (Å²) in [5.74, 6) is 9.15. The molecule has 0 aliphatic heterocycles. The third-order valence-electron chi connectivity index (χ3n) is 4.12. The van der Waals surface area contributed by atoms with Crippen LogP contribution in [-0.4, -0.2) is 0 Å². The highest BCUT2D eigenvalue weighted by Crippen LogP contribution is 2.38. The number of hydrogen-bond donors (Lipinski definition) is 2. The van der Waals surface area contributed by atoms with Crippen molar-refractivity contribution in [3.05, 3.63) is 23.7 Å². The maximum atomic E-state index is 5.72. The highest BCUT2D eigenvalue weighted by atomic mass is 16.3.